The lowest BCUT2D eigenvalue weighted by Gasteiger charge is -2.39. The Morgan fingerprint density at radius 3 is 2.65 bits per heavy atom. The van der Waals surface area contributed by atoms with E-state index in [1.165, 1.54) is 5.56 Å². The summed E-state index contributed by atoms with van der Waals surface area (Å²) < 4.78 is 0. The number of carbonyl (C=O) groups excluding carboxylic acids is 1. The summed E-state index contributed by atoms with van der Waals surface area (Å²) in [5.41, 5.74) is 2.77. The molecule has 23 heavy (non-hydrogen) atoms. The maximum Gasteiger partial charge on any atom is 0.274 e. The topological polar surface area (TPSA) is 52.2 Å². The average molecular weight is 312 g/mol. The summed E-state index contributed by atoms with van der Waals surface area (Å²) >= 11 is 0. The number of rotatable bonds is 3. The van der Waals surface area contributed by atoms with Crippen molar-refractivity contribution in [2.24, 2.45) is 0 Å². The molecule has 0 unspecified atom stereocenters. The van der Waals surface area contributed by atoms with Gasteiger partial charge in [0.15, 0.2) is 0 Å². The zero-order chi connectivity index (χ0) is 16.4. The van der Waals surface area contributed by atoms with Crippen molar-refractivity contribution >= 4 is 5.91 Å². The summed E-state index contributed by atoms with van der Waals surface area (Å²) in [5.74, 6) is 0.357. The third-order valence-electron chi connectivity index (χ3n) is 4.56. The summed E-state index contributed by atoms with van der Waals surface area (Å²) in [7, 11) is 2.12. The van der Waals surface area contributed by atoms with Gasteiger partial charge in [-0.1, -0.05) is 44.2 Å². The van der Waals surface area contributed by atoms with E-state index in [0.29, 0.717) is 18.2 Å². The van der Waals surface area contributed by atoms with Crippen LogP contribution >= 0.6 is 0 Å². The Bertz CT molecular complexity index is 665. The zero-order valence-corrected chi connectivity index (χ0v) is 14.0. The molecule has 0 bridgehead atoms. The van der Waals surface area contributed by atoms with Crippen molar-refractivity contribution < 1.29 is 4.79 Å². The van der Waals surface area contributed by atoms with Gasteiger partial charge >= 0.3 is 0 Å². The second-order valence-electron chi connectivity index (χ2n) is 6.52. The Balaban J connectivity index is 1.76. The van der Waals surface area contributed by atoms with E-state index in [0.717, 1.165) is 18.8 Å². The molecule has 1 aliphatic heterocycles. The number of amides is 1. The van der Waals surface area contributed by atoms with E-state index in [2.05, 4.69) is 48.1 Å². The lowest BCUT2D eigenvalue weighted by molar-refractivity contribution is 0.0540. The number of aromatic amines is 1. The Hall–Kier alpha value is -2.14. The van der Waals surface area contributed by atoms with Crippen molar-refractivity contribution in [2.45, 2.75) is 25.8 Å². The van der Waals surface area contributed by atoms with Gasteiger partial charge in [0.2, 0.25) is 0 Å². The average Bonchev–Trinajstić information content (AvgIpc) is 3.06. The molecule has 3 rings (SSSR count). The van der Waals surface area contributed by atoms with E-state index in [1.807, 2.05) is 29.2 Å². The second kappa shape index (κ2) is 6.54. The van der Waals surface area contributed by atoms with Crippen LogP contribution in [0.15, 0.2) is 36.4 Å². The van der Waals surface area contributed by atoms with Gasteiger partial charge in [0.1, 0.15) is 5.69 Å². The molecule has 1 fully saturated rings. The maximum atomic E-state index is 12.7. The number of carbonyl (C=O) groups is 1. The largest absolute Gasteiger partial charge is 0.334 e. The van der Waals surface area contributed by atoms with Crippen LogP contribution in [0.1, 0.15) is 47.6 Å². The van der Waals surface area contributed by atoms with Crippen LogP contribution in [0.4, 0.5) is 0 Å². The highest BCUT2D eigenvalue weighted by atomic mass is 16.2. The van der Waals surface area contributed by atoms with E-state index in [1.54, 1.807) is 0 Å². The standard InChI is InChI=1S/C18H24N4O/c1-13(2)15-11-16(20-19-15)18(23)22-10-9-21(3)17(12-22)14-7-5-4-6-8-14/h4-8,11,13,17H,9-10,12H2,1-3H3,(H,19,20)/t17-/m1/s1. The molecule has 1 amide bonds. The van der Waals surface area contributed by atoms with E-state index >= 15 is 0 Å². The summed E-state index contributed by atoms with van der Waals surface area (Å²) in [6, 6.07) is 12.5. The van der Waals surface area contributed by atoms with Gasteiger partial charge in [-0.3, -0.25) is 14.8 Å². The monoisotopic (exact) mass is 312 g/mol. The van der Waals surface area contributed by atoms with E-state index < -0.39 is 0 Å². The first-order valence-electron chi connectivity index (χ1n) is 8.16. The molecule has 5 nitrogen and oxygen atoms in total. The van der Waals surface area contributed by atoms with Crippen molar-refractivity contribution in [3.05, 3.63) is 53.3 Å². The van der Waals surface area contributed by atoms with Gasteiger partial charge in [-0.2, -0.15) is 5.10 Å². The van der Waals surface area contributed by atoms with Gasteiger partial charge in [0.05, 0.1) is 6.04 Å². The Morgan fingerprint density at radius 1 is 1.26 bits per heavy atom. The lowest BCUT2D eigenvalue weighted by atomic mass is 10.0. The lowest BCUT2D eigenvalue weighted by Crippen LogP contribution is -2.49. The molecule has 0 saturated carbocycles. The molecule has 1 aliphatic rings. The predicted molar refractivity (Wildman–Crippen MR) is 90.4 cm³/mol. The Kier molecular flexibility index (Phi) is 4.48. The zero-order valence-electron chi connectivity index (χ0n) is 14.0. The minimum atomic E-state index is 0.0159. The quantitative estimate of drug-likeness (QED) is 0.948. The maximum absolute atomic E-state index is 12.7. The first-order chi connectivity index (χ1) is 11.1. The van der Waals surface area contributed by atoms with Crippen molar-refractivity contribution in [3.63, 3.8) is 0 Å². The molecular formula is C18H24N4O. The minimum Gasteiger partial charge on any atom is -0.334 e. The normalized spacial score (nSPS) is 19.3. The van der Waals surface area contributed by atoms with Gasteiger partial charge in [-0.15, -0.1) is 0 Å². The highest BCUT2D eigenvalue weighted by Gasteiger charge is 2.29. The molecule has 1 aromatic carbocycles. The minimum absolute atomic E-state index is 0.0159. The van der Waals surface area contributed by atoms with Crippen LogP contribution < -0.4 is 0 Å². The molecule has 0 radical (unpaired) electrons. The van der Waals surface area contributed by atoms with Crippen molar-refractivity contribution in [3.8, 4) is 0 Å². The summed E-state index contributed by atoms with van der Waals surface area (Å²) in [4.78, 5) is 17.0. The van der Waals surface area contributed by atoms with Crippen LogP contribution in [0.25, 0.3) is 0 Å². The Labute approximate surface area is 137 Å². The number of piperazine rings is 1. The molecule has 5 heteroatoms. The third kappa shape index (κ3) is 3.29. The fourth-order valence-corrected chi connectivity index (χ4v) is 3.00. The van der Waals surface area contributed by atoms with Gasteiger partial charge in [-0.05, 0) is 24.6 Å². The molecule has 1 saturated heterocycles. The van der Waals surface area contributed by atoms with Gasteiger partial charge < -0.3 is 4.90 Å². The smallest absolute Gasteiger partial charge is 0.274 e. The van der Waals surface area contributed by atoms with Crippen LogP contribution in [0.5, 0.6) is 0 Å². The number of benzene rings is 1. The predicted octanol–water partition coefficient (Wildman–Crippen LogP) is 2.66. The van der Waals surface area contributed by atoms with Crippen LogP contribution in [0.2, 0.25) is 0 Å². The number of hydrogen-bond donors (Lipinski definition) is 1. The molecular weight excluding hydrogens is 288 g/mol. The van der Waals surface area contributed by atoms with Crippen LogP contribution in [0, 0.1) is 0 Å². The van der Waals surface area contributed by atoms with Crippen LogP contribution in [-0.2, 0) is 0 Å². The van der Waals surface area contributed by atoms with E-state index in [-0.39, 0.29) is 11.9 Å². The fourth-order valence-electron chi connectivity index (χ4n) is 3.00. The molecule has 1 atom stereocenters. The summed E-state index contributed by atoms with van der Waals surface area (Å²) in [6.07, 6.45) is 0. The third-order valence-corrected chi connectivity index (χ3v) is 4.56. The van der Waals surface area contributed by atoms with Crippen LogP contribution in [-0.4, -0.2) is 52.6 Å². The molecule has 2 heterocycles. The number of H-pyrrole nitrogens is 1. The molecule has 0 spiro atoms. The number of aromatic nitrogens is 2. The first-order valence-corrected chi connectivity index (χ1v) is 8.16. The van der Waals surface area contributed by atoms with Gasteiger partial charge in [-0.25, -0.2) is 0 Å². The Morgan fingerprint density at radius 2 is 2.00 bits per heavy atom. The molecule has 1 N–H and O–H groups in total. The summed E-state index contributed by atoms with van der Waals surface area (Å²) in [5, 5.41) is 7.17. The van der Waals surface area contributed by atoms with E-state index in [4.69, 9.17) is 0 Å². The number of likely N-dealkylation sites (N-methyl/N-ethyl adjacent to an activating group) is 1. The number of nitrogens with one attached hydrogen (secondary N) is 1. The molecule has 0 aliphatic carbocycles. The summed E-state index contributed by atoms with van der Waals surface area (Å²) in [6.45, 7) is 6.48. The number of nitrogens with zero attached hydrogens (tertiary/aromatic N) is 3. The highest BCUT2D eigenvalue weighted by molar-refractivity contribution is 5.92. The molecule has 122 valence electrons. The number of hydrogen-bond acceptors (Lipinski definition) is 3. The molecule has 2 aromatic rings. The van der Waals surface area contributed by atoms with Crippen molar-refractivity contribution in [1.29, 1.82) is 0 Å². The first kappa shape index (κ1) is 15.7. The van der Waals surface area contributed by atoms with Gasteiger partial charge in [0.25, 0.3) is 5.91 Å². The van der Waals surface area contributed by atoms with Gasteiger partial charge in [0, 0.05) is 25.3 Å². The second-order valence-corrected chi connectivity index (χ2v) is 6.52. The SMILES string of the molecule is CC(C)c1cc(C(=O)N2CCN(C)[C@@H](c3ccccc3)C2)n[nH]1. The van der Waals surface area contributed by atoms with Crippen LogP contribution in [0.3, 0.4) is 0 Å². The van der Waals surface area contributed by atoms with Crippen molar-refractivity contribution in [1.82, 2.24) is 20.0 Å². The van der Waals surface area contributed by atoms with E-state index in [9.17, 15) is 4.79 Å². The fraction of sp³-hybridized carbons (Fsp3) is 0.444. The highest BCUT2D eigenvalue weighted by Crippen LogP contribution is 2.25. The van der Waals surface area contributed by atoms with Crippen molar-refractivity contribution in [2.75, 3.05) is 26.7 Å². The molecule has 1 aromatic heterocycles.